The van der Waals surface area contributed by atoms with Crippen molar-refractivity contribution in [3.8, 4) is 0 Å². The summed E-state index contributed by atoms with van der Waals surface area (Å²) in [5, 5.41) is 27.2. The molecule has 3 aromatic rings. The standard InChI is InChI=1S/C15H15N5O3/c21-10-12-3-1-11(2-4-12)7-8-16-13-5-6-14-17-9-15(20(22)23)19(14)18-13/h1-6,9,21H,7-8,10H2,(H,16,18). The van der Waals surface area contributed by atoms with Crippen LogP contribution in [0.2, 0.25) is 0 Å². The van der Waals surface area contributed by atoms with Gasteiger partial charge in [0, 0.05) is 12.6 Å². The zero-order valence-electron chi connectivity index (χ0n) is 12.2. The second kappa shape index (κ2) is 6.41. The summed E-state index contributed by atoms with van der Waals surface area (Å²) in [6, 6.07) is 11.1. The van der Waals surface area contributed by atoms with Crippen LogP contribution in [0.5, 0.6) is 0 Å². The summed E-state index contributed by atoms with van der Waals surface area (Å²) in [5.74, 6) is 0.383. The minimum Gasteiger partial charge on any atom is -0.392 e. The number of hydrogen-bond acceptors (Lipinski definition) is 6. The summed E-state index contributed by atoms with van der Waals surface area (Å²) in [6.07, 6.45) is 1.96. The molecule has 8 heteroatoms. The summed E-state index contributed by atoms with van der Waals surface area (Å²) in [6.45, 7) is 0.672. The van der Waals surface area contributed by atoms with Gasteiger partial charge in [0.05, 0.1) is 6.61 Å². The van der Waals surface area contributed by atoms with Crippen molar-refractivity contribution in [1.29, 1.82) is 0 Å². The average Bonchev–Trinajstić information content (AvgIpc) is 2.99. The van der Waals surface area contributed by atoms with Crippen molar-refractivity contribution in [3.63, 3.8) is 0 Å². The molecule has 0 radical (unpaired) electrons. The van der Waals surface area contributed by atoms with Crippen LogP contribution in [0.15, 0.2) is 42.6 Å². The van der Waals surface area contributed by atoms with Gasteiger partial charge in [-0.05, 0) is 28.5 Å². The van der Waals surface area contributed by atoms with Crippen molar-refractivity contribution >= 4 is 17.3 Å². The van der Waals surface area contributed by atoms with Gasteiger partial charge in [0.2, 0.25) is 5.65 Å². The molecule has 0 aliphatic rings. The second-order valence-corrected chi connectivity index (χ2v) is 5.01. The lowest BCUT2D eigenvalue weighted by atomic mass is 10.1. The summed E-state index contributed by atoms with van der Waals surface area (Å²) in [4.78, 5) is 14.3. The SMILES string of the molecule is O=[N+]([O-])c1cnc2ccc(NCCc3ccc(CO)cc3)nn12. The van der Waals surface area contributed by atoms with Gasteiger partial charge >= 0.3 is 5.82 Å². The van der Waals surface area contributed by atoms with E-state index in [1.807, 2.05) is 24.3 Å². The number of nitrogens with zero attached hydrogens (tertiary/aromatic N) is 4. The predicted molar refractivity (Wildman–Crippen MR) is 84.2 cm³/mol. The third-order valence-electron chi connectivity index (χ3n) is 3.46. The minimum absolute atomic E-state index is 0.0339. The van der Waals surface area contributed by atoms with E-state index in [-0.39, 0.29) is 12.4 Å². The van der Waals surface area contributed by atoms with Gasteiger partial charge < -0.3 is 20.5 Å². The Kier molecular flexibility index (Phi) is 4.15. The minimum atomic E-state index is -0.514. The van der Waals surface area contributed by atoms with E-state index in [4.69, 9.17) is 5.11 Å². The van der Waals surface area contributed by atoms with Gasteiger partial charge in [-0.3, -0.25) is 0 Å². The fraction of sp³-hybridized carbons (Fsp3) is 0.200. The highest BCUT2D eigenvalue weighted by Gasteiger charge is 2.15. The smallest absolute Gasteiger partial charge is 0.368 e. The van der Waals surface area contributed by atoms with E-state index in [1.165, 1.54) is 10.7 Å². The van der Waals surface area contributed by atoms with Crippen molar-refractivity contribution in [3.05, 3.63) is 63.8 Å². The highest BCUT2D eigenvalue weighted by Crippen LogP contribution is 2.14. The molecule has 0 amide bonds. The fourth-order valence-corrected chi connectivity index (χ4v) is 2.23. The number of benzene rings is 1. The van der Waals surface area contributed by atoms with Gasteiger partial charge in [-0.15, -0.1) is 0 Å². The Labute approximate surface area is 131 Å². The molecule has 3 rings (SSSR count). The van der Waals surface area contributed by atoms with Gasteiger partial charge in [-0.2, -0.15) is 0 Å². The lowest BCUT2D eigenvalue weighted by Gasteiger charge is -2.05. The van der Waals surface area contributed by atoms with E-state index in [0.29, 0.717) is 18.0 Å². The fourth-order valence-electron chi connectivity index (χ4n) is 2.23. The number of aliphatic hydroxyl groups is 1. The Hall–Kier alpha value is -3.00. The third-order valence-corrected chi connectivity index (χ3v) is 3.46. The molecule has 0 fully saturated rings. The molecule has 0 aliphatic heterocycles. The highest BCUT2D eigenvalue weighted by molar-refractivity contribution is 5.48. The normalized spacial score (nSPS) is 10.8. The van der Waals surface area contributed by atoms with Crippen molar-refractivity contribution in [2.45, 2.75) is 13.0 Å². The Bertz CT molecular complexity index is 829. The first-order chi connectivity index (χ1) is 11.2. The number of hydrogen-bond donors (Lipinski definition) is 2. The number of aliphatic hydroxyl groups excluding tert-OH is 1. The van der Waals surface area contributed by atoms with Crippen LogP contribution in [0.25, 0.3) is 5.65 Å². The van der Waals surface area contributed by atoms with Gasteiger partial charge in [0.1, 0.15) is 6.20 Å². The summed E-state index contributed by atoms with van der Waals surface area (Å²) in [5.41, 5.74) is 2.44. The van der Waals surface area contributed by atoms with Crippen molar-refractivity contribution in [2.24, 2.45) is 0 Å². The number of anilines is 1. The van der Waals surface area contributed by atoms with Crippen LogP contribution in [0.4, 0.5) is 11.6 Å². The molecule has 0 bridgehead atoms. The number of imidazole rings is 1. The lowest BCUT2D eigenvalue weighted by molar-refractivity contribution is -0.391. The molecule has 23 heavy (non-hydrogen) atoms. The van der Waals surface area contributed by atoms with E-state index in [0.717, 1.165) is 17.5 Å². The Morgan fingerprint density at radius 1 is 1.17 bits per heavy atom. The maximum atomic E-state index is 10.9. The largest absolute Gasteiger partial charge is 0.392 e. The zero-order chi connectivity index (χ0) is 16.2. The number of nitro groups is 1. The molecular formula is C15H15N5O3. The molecule has 118 valence electrons. The molecule has 0 atom stereocenters. The molecule has 0 saturated carbocycles. The first-order valence-corrected chi connectivity index (χ1v) is 7.09. The number of nitrogens with one attached hydrogen (secondary N) is 1. The van der Waals surface area contributed by atoms with E-state index in [2.05, 4.69) is 15.4 Å². The maximum Gasteiger partial charge on any atom is 0.368 e. The van der Waals surface area contributed by atoms with Crippen LogP contribution in [-0.4, -0.2) is 31.2 Å². The molecule has 2 heterocycles. The Morgan fingerprint density at radius 2 is 1.91 bits per heavy atom. The van der Waals surface area contributed by atoms with Gasteiger partial charge in [-0.1, -0.05) is 33.9 Å². The zero-order valence-corrected chi connectivity index (χ0v) is 12.2. The van der Waals surface area contributed by atoms with E-state index < -0.39 is 4.92 Å². The molecule has 2 N–H and O–H groups in total. The monoisotopic (exact) mass is 313 g/mol. The molecule has 0 saturated heterocycles. The quantitative estimate of drug-likeness (QED) is 0.531. The molecule has 0 aliphatic carbocycles. The number of rotatable bonds is 6. The van der Waals surface area contributed by atoms with Crippen molar-refractivity contribution in [1.82, 2.24) is 14.6 Å². The first-order valence-electron chi connectivity index (χ1n) is 7.09. The van der Waals surface area contributed by atoms with E-state index in [9.17, 15) is 10.1 Å². The molecule has 2 aromatic heterocycles. The molecule has 0 unspecified atom stereocenters. The number of fused-ring (bicyclic) bond motifs is 1. The molecule has 0 spiro atoms. The number of aromatic nitrogens is 3. The van der Waals surface area contributed by atoms with Crippen molar-refractivity contribution < 1.29 is 10.0 Å². The van der Waals surface area contributed by atoms with Crippen LogP contribution in [-0.2, 0) is 13.0 Å². The van der Waals surface area contributed by atoms with E-state index >= 15 is 0 Å². The van der Waals surface area contributed by atoms with Crippen LogP contribution in [0, 0.1) is 10.1 Å². The third kappa shape index (κ3) is 3.27. The van der Waals surface area contributed by atoms with E-state index in [1.54, 1.807) is 12.1 Å². The highest BCUT2D eigenvalue weighted by atomic mass is 16.6. The summed E-state index contributed by atoms with van der Waals surface area (Å²) >= 11 is 0. The predicted octanol–water partition coefficient (Wildman–Crippen LogP) is 1.78. The van der Waals surface area contributed by atoms with Gasteiger partial charge in [-0.25, -0.2) is 4.98 Å². The maximum absolute atomic E-state index is 10.9. The lowest BCUT2D eigenvalue weighted by Crippen LogP contribution is -2.08. The van der Waals surface area contributed by atoms with Crippen LogP contribution >= 0.6 is 0 Å². The first kappa shape index (κ1) is 14.9. The second-order valence-electron chi connectivity index (χ2n) is 5.01. The summed E-state index contributed by atoms with van der Waals surface area (Å²) < 4.78 is 1.21. The van der Waals surface area contributed by atoms with Crippen LogP contribution in [0.3, 0.4) is 0 Å². The van der Waals surface area contributed by atoms with Crippen LogP contribution in [0.1, 0.15) is 11.1 Å². The topological polar surface area (TPSA) is 106 Å². The average molecular weight is 313 g/mol. The Balaban J connectivity index is 1.66. The van der Waals surface area contributed by atoms with Crippen molar-refractivity contribution in [2.75, 3.05) is 11.9 Å². The Morgan fingerprint density at radius 3 is 2.61 bits per heavy atom. The molecule has 8 nitrogen and oxygen atoms in total. The summed E-state index contributed by atoms with van der Waals surface area (Å²) in [7, 11) is 0. The van der Waals surface area contributed by atoms with Gasteiger partial charge in [0.15, 0.2) is 5.82 Å². The molecule has 1 aromatic carbocycles. The van der Waals surface area contributed by atoms with Crippen LogP contribution < -0.4 is 5.32 Å². The molecular weight excluding hydrogens is 298 g/mol. The van der Waals surface area contributed by atoms with Gasteiger partial charge in [0.25, 0.3) is 0 Å².